The van der Waals surface area contributed by atoms with Gasteiger partial charge in [0.15, 0.2) is 0 Å². The lowest BCUT2D eigenvalue weighted by Gasteiger charge is -2.16. The summed E-state index contributed by atoms with van der Waals surface area (Å²) in [5, 5.41) is 4.77. The molecule has 4 heterocycles. The summed E-state index contributed by atoms with van der Waals surface area (Å²) in [4.78, 5) is 9.10. The Hall–Kier alpha value is -2.62. The highest BCUT2D eigenvalue weighted by Crippen LogP contribution is 2.37. The maximum Gasteiger partial charge on any atom is 0.217 e. The van der Waals surface area contributed by atoms with Crippen molar-refractivity contribution in [1.29, 1.82) is 0 Å². The topological polar surface area (TPSA) is 81.0 Å². The Balaban J connectivity index is 1.41. The Morgan fingerprint density at radius 1 is 1.12 bits per heavy atom. The van der Waals surface area contributed by atoms with Crippen LogP contribution in [0.5, 0.6) is 0 Å². The number of fused-ring (bicyclic) bond motifs is 1. The van der Waals surface area contributed by atoms with Crippen molar-refractivity contribution in [3.05, 3.63) is 53.8 Å². The SMILES string of the molecule is Cc1cccc(-c2nn([C@@H]3CCN(S(=O)(=O)C4CC4)C3)cc2-c2ccc3ncsc3c2)n1. The smallest absolute Gasteiger partial charge is 0.217 e. The number of thiazole rings is 1. The molecular weight excluding hydrogens is 442 g/mol. The number of hydrogen-bond acceptors (Lipinski definition) is 6. The van der Waals surface area contributed by atoms with E-state index >= 15 is 0 Å². The molecule has 2 aliphatic rings. The fraction of sp³-hybridized carbons (Fsp3) is 0.348. The van der Waals surface area contributed by atoms with Gasteiger partial charge in [0.25, 0.3) is 0 Å². The van der Waals surface area contributed by atoms with Gasteiger partial charge in [-0.2, -0.15) is 9.40 Å². The van der Waals surface area contributed by atoms with E-state index < -0.39 is 10.0 Å². The van der Waals surface area contributed by atoms with Gasteiger partial charge < -0.3 is 0 Å². The van der Waals surface area contributed by atoms with E-state index in [9.17, 15) is 8.42 Å². The number of pyridine rings is 1. The van der Waals surface area contributed by atoms with Crippen LogP contribution >= 0.6 is 11.3 Å². The highest BCUT2D eigenvalue weighted by molar-refractivity contribution is 7.90. The molecule has 0 spiro atoms. The summed E-state index contributed by atoms with van der Waals surface area (Å²) in [6.45, 7) is 3.01. The quantitative estimate of drug-likeness (QED) is 0.440. The molecule has 4 aromatic rings. The van der Waals surface area contributed by atoms with Crippen LogP contribution in [0.4, 0.5) is 0 Å². The van der Waals surface area contributed by atoms with Crippen molar-refractivity contribution in [2.45, 2.75) is 37.5 Å². The molecule has 0 unspecified atom stereocenters. The largest absolute Gasteiger partial charge is 0.267 e. The molecule has 1 aromatic carbocycles. The van der Waals surface area contributed by atoms with Crippen molar-refractivity contribution in [3.8, 4) is 22.5 Å². The molecule has 0 bridgehead atoms. The molecule has 0 amide bonds. The van der Waals surface area contributed by atoms with Crippen LogP contribution in [-0.2, 0) is 10.0 Å². The average Bonchev–Trinajstić information content (AvgIpc) is 3.18. The van der Waals surface area contributed by atoms with Gasteiger partial charge in [-0.25, -0.2) is 13.4 Å². The minimum Gasteiger partial charge on any atom is -0.267 e. The molecule has 2 fully saturated rings. The van der Waals surface area contributed by atoms with E-state index in [0.29, 0.717) is 13.1 Å². The Labute approximate surface area is 190 Å². The van der Waals surface area contributed by atoms with Gasteiger partial charge in [0.2, 0.25) is 10.0 Å². The van der Waals surface area contributed by atoms with Crippen molar-refractivity contribution in [2.75, 3.05) is 13.1 Å². The molecule has 164 valence electrons. The summed E-state index contributed by atoms with van der Waals surface area (Å²) in [6.07, 6.45) is 4.40. The van der Waals surface area contributed by atoms with Crippen LogP contribution in [0.25, 0.3) is 32.7 Å². The van der Waals surface area contributed by atoms with E-state index in [0.717, 1.165) is 57.7 Å². The monoisotopic (exact) mass is 465 g/mol. The van der Waals surface area contributed by atoms with Crippen LogP contribution in [0.2, 0.25) is 0 Å². The van der Waals surface area contributed by atoms with Crippen LogP contribution in [0.3, 0.4) is 0 Å². The van der Waals surface area contributed by atoms with Gasteiger partial charge in [0.1, 0.15) is 5.69 Å². The Morgan fingerprint density at radius 3 is 2.81 bits per heavy atom. The average molecular weight is 466 g/mol. The summed E-state index contributed by atoms with van der Waals surface area (Å²) in [7, 11) is -3.16. The van der Waals surface area contributed by atoms with E-state index in [1.54, 1.807) is 15.6 Å². The van der Waals surface area contributed by atoms with E-state index in [1.807, 2.05) is 41.4 Å². The predicted octanol–water partition coefficient (Wildman–Crippen LogP) is 4.27. The Kier molecular flexibility index (Phi) is 4.67. The normalized spacial score (nSPS) is 19.7. The first-order chi connectivity index (χ1) is 15.5. The minimum absolute atomic E-state index is 0.0213. The van der Waals surface area contributed by atoms with Crippen LogP contribution < -0.4 is 0 Å². The summed E-state index contributed by atoms with van der Waals surface area (Å²) < 4.78 is 30.1. The van der Waals surface area contributed by atoms with E-state index in [-0.39, 0.29) is 11.3 Å². The zero-order valence-corrected chi connectivity index (χ0v) is 19.3. The maximum absolute atomic E-state index is 12.7. The highest BCUT2D eigenvalue weighted by atomic mass is 32.2. The summed E-state index contributed by atoms with van der Waals surface area (Å²) in [6, 6.07) is 12.2. The lowest BCUT2D eigenvalue weighted by molar-refractivity contribution is 0.434. The molecule has 1 aliphatic heterocycles. The van der Waals surface area contributed by atoms with Crippen LogP contribution in [-0.4, -0.2) is 50.8 Å². The first-order valence-corrected chi connectivity index (χ1v) is 13.2. The number of rotatable bonds is 5. The van der Waals surface area contributed by atoms with Gasteiger partial charge in [0.05, 0.1) is 32.7 Å². The van der Waals surface area contributed by atoms with Crippen LogP contribution in [0, 0.1) is 6.92 Å². The zero-order valence-electron chi connectivity index (χ0n) is 17.7. The highest BCUT2D eigenvalue weighted by Gasteiger charge is 2.43. The second kappa shape index (κ2) is 7.47. The first kappa shape index (κ1) is 20.0. The van der Waals surface area contributed by atoms with Gasteiger partial charge in [-0.05, 0) is 56.0 Å². The molecular formula is C23H23N5O2S2. The third kappa shape index (κ3) is 3.44. The molecule has 3 aromatic heterocycles. The minimum atomic E-state index is -3.16. The predicted molar refractivity (Wildman–Crippen MR) is 126 cm³/mol. The van der Waals surface area contributed by atoms with Gasteiger partial charge >= 0.3 is 0 Å². The lowest BCUT2D eigenvalue weighted by atomic mass is 10.0. The van der Waals surface area contributed by atoms with E-state index in [1.165, 1.54) is 0 Å². The second-order valence-corrected chi connectivity index (χ2v) is 11.7. The Morgan fingerprint density at radius 2 is 2.00 bits per heavy atom. The lowest BCUT2D eigenvalue weighted by Crippen LogP contribution is -2.32. The molecule has 1 saturated heterocycles. The van der Waals surface area contributed by atoms with Crippen LogP contribution in [0.1, 0.15) is 31.0 Å². The zero-order chi connectivity index (χ0) is 21.9. The van der Waals surface area contributed by atoms with Gasteiger partial charge in [-0.15, -0.1) is 11.3 Å². The molecule has 1 aliphatic carbocycles. The van der Waals surface area contributed by atoms with Crippen molar-refractivity contribution in [3.63, 3.8) is 0 Å². The molecule has 32 heavy (non-hydrogen) atoms. The van der Waals surface area contributed by atoms with Gasteiger partial charge in [-0.3, -0.25) is 9.67 Å². The van der Waals surface area contributed by atoms with Crippen LogP contribution in [0.15, 0.2) is 48.1 Å². The van der Waals surface area contributed by atoms with Gasteiger partial charge in [-0.1, -0.05) is 12.1 Å². The number of aryl methyl sites for hydroxylation is 1. The second-order valence-electron chi connectivity index (χ2n) is 8.62. The molecule has 0 radical (unpaired) electrons. The van der Waals surface area contributed by atoms with Crippen molar-refractivity contribution >= 4 is 31.6 Å². The maximum atomic E-state index is 12.7. The molecule has 1 atom stereocenters. The fourth-order valence-corrected chi connectivity index (χ4v) is 7.02. The number of benzene rings is 1. The van der Waals surface area contributed by atoms with E-state index in [4.69, 9.17) is 10.1 Å². The first-order valence-electron chi connectivity index (χ1n) is 10.8. The standard InChI is InChI=1S/C23H23N5O2S2/c1-15-3-2-4-21(25-15)23-19(16-5-8-20-22(11-16)31-14-24-20)13-28(26-23)17-9-10-27(12-17)32(29,30)18-6-7-18/h2-5,8,11,13-14,17-18H,6-7,9-10,12H2,1H3/t17-/m1/s1. The Bertz CT molecular complexity index is 1420. The summed E-state index contributed by atoms with van der Waals surface area (Å²) in [5.74, 6) is 0. The summed E-state index contributed by atoms with van der Waals surface area (Å²) in [5.41, 5.74) is 7.48. The summed E-state index contributed by atoms with van der Waals surface area (Å²) >= 11 is 1.62. The third-order valence-corrected chi connectivity index (χ3v) is 9.47. The van der Waals surface area contributed by atoms with E-state index in [2.05, 4.69) is 23.3 Å². The molecule has 9 heteroatoms. The number of nitrogens with zero attached hydrogens (tertiary/aromatic N) is 5. The number of aromatic nitrogens is 4. The number of hydrogen-bond donors (Lipinski definition) is 0. The van der Waals surface area contributed by atoms with Crippen molar-refractivity contribution in [1.82, 2.24) is 24.1 Å². The molecule has 7 nitrogen and oxygen atoms in total. The fourth-order valence-electron chi connectivity index (χ4n) is 4.41. The molecule has 0 N–H and O–H groups in total. The van der Waals surface area contributed by atoms with Crippen molar-refractivity contribution in [2.24, 2.45) is 0 Å². The number of sulfonamides is 1. The third-order valence-electron chi connectivity index (χ3n) is 6.31. The molecule has 1 saturated carbocycles. The van der Waals surface area contributed by atoms with Crippen molar-refractivity contribution < 1.29 is 8.42 Å². The molecule has 6 rings (SSSR count). The van der Waals surface area contributed by atoms with Gasteiger partial charge in [0, 0.05) is 30.5 Å².